The molecule has 1 aliphatic heterocycles. The molecule has 1 saturated carbocycles. The fourth-order valence-corrected chi connectivity index (χ4v) is 3.84. The molecule has 1 aromatic carbocycles. The van der Waals surface area contributed by atoms with E-state index in [4.69, 9.17) is 5.73 Å². The van der Waals surface area contributed by atoms with Gasteiger partial charge in [-0.3, -0.25) is 4.90 Å². The van der Waals surface area contributed by atoms with E-state index in [9.17, 15) is 4.39 Å². The van der Waals surface area contributed by atoms with Crippen LogP contribution in [0.5, 0.6) is 0 Å². The number of likely N-dealkylation sites (tertiary alicyclic amines) is 1. The Balaban J connectivity index is 1.79. The van der Waals surface area contributed by atoms with Crippen molar-refractivity contribution in [1.29, 1.82) is 0 Å². The zero-order valence-corrected chi connectivity index (χ0v) is 11.6. The molecule has 2 fully saturated rings. The molecule has 0 spiro atoms. The maximum atomic E-state index is 13.7. The van der Waals surface area contributed by atoms with Gasteiger partial charge in [0, 0.05) is 25.7 Å². The molecule has 1 aliphatic carbocycles. The van der Waals surface area contributed by atoms with E-state index in [0.717, 1.165) is 30.5 Å². The van der Waals surface area contributed by atoms with E-state index in [1.165, 1.54) is 19.3 Å². The summed E-state index contributed by atoms with van der Waals surface area (Å²) in [4.78, 5) is 2.47. The van der Waals surface area contributed by atoms with E-state index < -0.39 is 0 Å². The zero-order chi connectivity index (χ0) is 13.4. The lowest BCUT2D eigenvalue weighted by Gasteiger charge is -2.28. The number of fused-ring (bicyclic) bond motifs is 1. The number of benzene rings is 1. The molecule has 2 aliphatic rings. The molecule has 19 heavy (non-hydrogen) atoms. The lowest BCUT2D eigenvalue weighted by Crippen LogP contribution is -2.32. The number of rotatable bonds is 3. The monoisotopic (exact) mass is 262 g/mol. The number of nitrogens with zero attached hydrogens (tertiary/aromatic N) is 1. The Morgan fingerprint density at radius 2 is 2.00 bits per heavy atom. The van der Waals surface area contributed by atoms with Crippen molar-refractivity contribution in [2.75, 3.05) is 19.6 Å². The summed E-state index contributed by atoms with van der Waals surface area (Å²) in [5.41, 5.74) is 7.70. The SMILES string of the molecule is Cc1ccc(C(CN)N2CC3CCCC3C2)cc1F. The summed E-state index contributed by atoms with van der Waals surface area (Å²) in [6, 6.07) is 5.75. The van der Waals surface area contributed by atoms with Crippen molar-refractivity contribution < 1.29 is 4.39 Å². The molecule has 3 unspecified atom stereocenters. The fraction of sp³-hybridized carbons (Fsp3) is 0.625. The second kappa shape index (κ2) is 5.22. The number of hydrogen-bond donors (Lipinski definition) is 1. The van der Waals surface area contributed by atoms with E-state index in [1.54, 1.807) is 13.0 Å². The van der Waals surface area contributed by atoms with Crippen LogP contribution in [0.15, 0.2) is 18.2 Å². The Kier molecular flexibility index (Phi) is 3.59. The van der Waals surface area contributed by atoms with Gasteiger partial charge < -0.3 is 5.73 Å². The highest BCUT2D eigenvalue weighted by Crippen LogP contribution is 2.40. The molecular weight excluding hydrogens is 239 g/mol. The standard InChI is InChI=1S/C16H23FN2/c1-11-5-6-12(7-15(11)17)16(8-18)19-9-13-3-2-4-14(13)10-19/h5-7,13-14,16H,2-4,8-10,18H2,1H3. The first-order valence-corrected chi connectivity index (χ1v) is 7.39. The first-order valence-electron chi connectivity index (χ1n) is 7.39. The van der Waals surface area contributed by atoms with Crippen LogP contribution in [0.2, 0.25) is 0 Å². The van der Waals surface area contributed by atoms with Crippen LogP contribution in [-0.4, -0.2) is 24.5 Å². The Labute approximate surface area is 114 Å². The third kappa shape index (κ3) is 2.41. The van der Waals surface area contributed by atoms with Gasteiger partial charge in [-0.1, -0.05) is 18.6 Å². The first kappa shape index (κ1) is 13.1. The molecule has 2 nitrogen and oxygen atoms in total. The quantitative estimate of drug-likeness (QED) is 0.907. The van der Waals surface area contributed by atoms with Crippen molar-refractivity contribution in [3.63, 3.8) is 0 Å². The molecule has 1 aromatic rings. The molecule has 0 amide bonds. The van der Waals surface area contributed by atoms with Crippen molar-refractivity contribution in [3.8, 4) is 0 Å². The van der Waals surface area contributed by atoms with Gasteiger partial charge in [0.2, 0.25) is 0 Å². The highest BCUT2D eigenvalue weighted by atomic mass is 19.1. The summed E-state index contributed by atoms with van der Waals surface area (Å²) in [7, 11) is 0. The Morgan fingerprint density at radius 1 is 1.32 bits per heavy atom. The van der Waals surface area contributed by atoms with Crippen LogP contribution < -0.4 is 5.73 Å². The smallest absolute Gasteiger partial charge is 0.126 e. The van der Waals surface area contributed by atoms with Crippen LogP contribution in [-0.2, 0) is 0 Å². The number of hydrogen-bond acceptors (Lipinski definition) is 2. The van der Waals surface area contributed by atoms with E-state index in [0.29, 0.717) is 12.1 Å². The summed E-state index contributed by atoms with van der Waals surface area (Å²) >= 11 is 0. The summed E-state index contributed by atoms with van der Waals surface area (Å²) in [5, 5.41) is 0. The summed E-state index contributed by atoms with van der Waals surface area (Å²) in [5.74, 6) is 1.59. The first-order chi connectivity index (χ1) is 9.19. The van der Waals surface area contributed by atoms with Gasteiger partial charge in [-0.15, -0.1) is 0 Å². The van der Waals surface area contributed by atoms with Crippen LogP contribution in [0.3, 0.4) is 0 Å². The average molecular weight is 262 g/mol. The minimum absolute atomic E-state index is 0.115. The summed E-state index contributed by atoms with van der Waals surface area (Å²) in [6.07, 6.45) is 4.11. The number of halogens is 1. The number of aryl methyl sites for hydroxylation is 1. The normalized spacial score (nSPS) is 28.6. The Morgan fingerprint density at radius 3 is 2.58 bits per heavy atom. The maximum Gasteiger partial charge on any atom is 0.126 e. The second-order valence-corrected chi connectivity index (χ2v) is 6.17. The third-order valence-electron chi connectivity index (χ3n) is 5.00. The molecule has 104 valence electrons. The van der Waals surface area contributed by atoms with Gasteiger partial charge in [0.1, 0.15) is 5.82 Å². The largest absolute Gasteiger partial charge is 0.329 e. The fourth-order valence-electron chi connectivity index (χ4n) is 3.84. The van der Waals surface area contributed by atoms with Gasteiger partial charge in [-0.25, -0.2) is 4.39 Å². The zero-order valence-electron chi connectivity index (χ0n) is 11.6. The molecule has 1 heterocycles. The molecule has 3 heteroatoms. The Bertz CT molecular complexity index is 448. The lowest BCUT2D eigenvalue weighted by molar-refractivity contribution is 0.231. The molecule has 0 radical (unpaired) electrons. The summed E-state index contributed by atoms with van der Waals surface area (Å²) < 4.78 is 13.7. The maximum absolute atomic E-state index is 13.7. The van der Waals surface area contributed by atoms with Crippen LogP contribution in [0.1, 0.15) is 36.4 Å². The van der Waals surface area contributed by atoms with Crippen LogP contribution in [0.4, 0.5) is 4.39 Å². The van der Waals surface area contributed by atoms with Gasteiger partial charge >= 0.3 is 0 Å². The molecule has 0 aromatic heterocycles. The number of nitrogens with two attached hydrogens (primary N) is 1. The van der Waals surface area contributed by atoms with Crippen LogP contribution >= 0.6 is 0 Å². The van der Waals surface area contributed by atoms with E-state index in [-0.39, 0.29) is 11.9 Å². The molecule has 3 atom stereocenters. The molecule has 2 N–H and O–H groups in total. The van der Waals surface area contributed by atoms with Gasteiger partial charge in [0.05, 0.1) is 0 Å². The van der Waals surface area contributed by atoms with Crippen LogP contribution in [0, 0.1) is 24.6 Å². The highest BCUT2D eigenvalue weighted by molar-refractivity contribution is 5.26. The van der Waals surface area contributed by atoms with Gasteiger partial charge in [0.15, 0.2) is 0 Å². The summed E-state index contributed by atoms with van der Waals surface area (Å²) in [6.45, 7) is 4.66. The Hall–Kier alpha value is -0.930. The van der Waals surface area contributed by atoms with E-state index in [2.05, 4.69) is 4.90 Å². The minimum Gasteiger partial charge on any atom is -0.329 e. The van der Waals surface area contributed by atoms with Gasteiger partial charge in [-0.05, 0) is 48.8 Å². The van der Waals surface area contributed by atoms with Gasteiger partial charge in [0.25, 0.3) is 0 Å². The average Bonchev–Trinajstić information content (AvgIpc) is 2.95. The highest BCUT2D eigenvalue weighted by Gasteiger charge is 2.38. The topological polar surface area (TPSA) is 29.3 Å². The minimum atomic E-state index is -0.115. The van der Waals surface area contributed by atoms with Crippen molar-refractivity contribution in [2.24, 2.45) is 17.6 Å². The van der Waals surface area contributed by atoms with Crippen molar-refractivity contribution in [1.82, 2.24) is 4.90 Å². The van der Waals surface area contributed by atoms with Crippen LogP contribution in [0.25, 0.3) is 0 Å². The lowest BCUT2D eigenvalue weighted by atomic mass is 10.0. The molecule has 3 rings (SSSR count). The van der Waals surface area contributed by atoms with Crippen molar-refractivity contribution in [2.45, 2.75) is 32.2 Å². The van der Waals surface area contributed by atoms with E-state index >= 15 is 0 Å². The predicted octanol–water partition coefficient (Wildman–Crippen LogP) is 2.87. The molecular formula is C16H23FN2. The second-order valence-electron chi connectivity index (χ2n) is 6.17. The molecule has 1 saturated heterocycles. The predicted molar refractivity (Wildman–Crippen MR) is 75.3 cm³/mol. The van der Waals surface area contributed by atoms with E-state index in [1.807, 2.05) is 12.1 Å². The van der Waals surface area contributed by atoms with Gasteiger partial charge in [-0.2, -0.15) is 0 Å². The third-order valence-corrected chi connectivity index (χ3v) is 5.00. The van der Waals surface area contributed by atoms with Crippen molar-refractivity contribution >= 4 is 0 Å². The van der Waals surface area contributed by atoms with Crippen molar-refractivity contribution in [3.05, 3.63) is 35.1 Å². The molecule has 0 bridgehead atoms.